The van der Waals surface area contributed by atoms with Crippen molar-refractivity contribution in [3.05, 3.63) is 77.4 Å². The van der Waals surface area contributed by atoms with E-state index in [9.17, 15) is 13.9 Å². The van der Waals surface area contributed by atoms with E-state index in [-0.39, 0.29) is 11.4 Å². The first-order chi connectivity index (χ1) is 14.3. The summed E-state index contributed by atoms with van der Waals surface area (Å²) >= 11 is 0. The Labute approximate surface area is 168 Å². The fourth-order valence-corrected chi connectivity index (χ4v) is 2.86. The molecule has 7 nitrogen and oxygen atoms in total. The fourth-order valence-electron chi connectivity index (χ4n) is 2.86. The number of aliphatic hydroxyl groups is 1. The van der Waals surface area contributed by atoms with Gasteiger partial charge in [-0.1, -0.05) is 6.07 Å². The lowest BCUT2D eigenvalue weighted by atomic mass is 9.81. The summed E-state index contributed by atoms with van der Waals surface area (Å²) in [5.41, 5.74) is -1.98. The van der Waals surface area contributed by atoms with Crippen LogP contribution in [-0.2, 0) is 17.9 Å². The third kappa shape index (κ3) is 4.06. The van der Waals surface area contributed by atoms with Crippen LogP contribution in [0.5, 0.6) is 0 Å². The number of rotatable bonds is 8. The standard InChI is InChI=1S/C19H16F4N6O/c20-12-1-3-15(16(21)9-12)18(30,10-13-5-7-26-28-13)19(22,23)17-4-2-14(11-25-17)29-27-8-6-24/h1-9,11,24,29-30H,10H2,(H,26,28)/b24-6?,27-8-. The summed E-state index contributed by atoms with van der Waals surface area (Å²) in [6, 6.07) is 5.50. The number of H-pyrrole nitrogens is 1. The number of halogens is 4. The van der Waals surface area contributed by atoms with E-state index in [1.54, 1.807) is 0 Å². The second-order valence-electron chi connectivity index (χ2n) is 6.29. The van der Waals surface area contributed by atoms with Gasteiger partial charge in [-0.05, 0) is 24.3 Å². The number of aromatic amines is 1. The van der Waals surface area contributed by atoms with Gasteiger partial charge in [-0.2, -0.15) is 19.0 Å². The average molecular weight is 420 g/mol. The third-order valence-electron chi connectivity index (χ3n) is 4.32. The molecule has 0 aliphatic heterocycles. The Hall–Kier alpha value is -3.60. The van der Waals surface area contributed by atoms with Crippen LogP contribution in [0, 0.1) is 17.0 Å². The second-order valence-corrected chi connectivity index (χ2v) is 6.29. The third-order valence-corrected chi connectivity index (χ3v) is 4.32. The Morgan fingerprint density at radius 2 is 2.00 bits per heavy atom. The van der Waals surface area contributed by atoms with Crippen LogP contribution in [0.25, 0.3) is 0 Å². The van der Waals surface area contributed by atoms with Crippen molar-refractivity contribution in [1.29, 1.82) is 5.41 Å². The van der Waals surface area contributed by atoms with E-state index in [4.69, 9.17) is 5.41 Å². The number of nitrogens with zero attached hydrogens (tertiary/aromatic N) is 3. The average Bonchev–Trinajstić information content (AvgIpc) is 3.21. The molecule has 11 heteroatoms. The van der Waals surface area contributed by atoms with Gasteiger partial charge >= 0.3 is 5.92 Å². The molecule has 0 amide bonds. The van der Waals surface area contributed by atoms with Crippen molar-refractivity contribution in [3.63, 3.8) is 0 Å². The quantitative estimate of drug-likeness (QED) is 0.254. The van der Waals surface area contributed by atoms with Crippen molar-refractivity contribution in [3.8, 4) is 0 Å². The van der Waals surface area contributed by atoms with Gasteiger partial charge in [-0.15, -0.1) is 0 Å². The zero-order valence-electron chi connectivity index (χ0n) is 15.3. The van der Waals surface area contributed by atoms with E-state index in [2.05, 4.69) is 25.7 Å². The van der Waals surface area contributed by atoms with Crippen molar-refractivity contribution in [2.75, 3.05) is 5.43 Å². The molecule has 0 saturated heterocycles. The lowest BCUT2D eigenvalue weighted by molar-refractivity contribution is -0.199. The summed E-state index contributed by atoms with van der Waals surface area (Å²) in [7, 11) is 0. The highest BCUT2D eigenvalue weighted by Crippen LogP contribution is 2.47. The first-order valence-electron chi connectivity index (χ1n) is 8.57. The Bertz CT molecular complexity index is 1040. The maximum absolute atomic E-state index is 15.5. The normalized spacial score (nSPS) is 13.9. The van der Waals surface area contributed by atoms with Crippen molar-refractivity contribution in [2.45, 2.75) is 17.9 Å². The van der Waals surface area contributed by atoms with E-state index in [1.165, 1.54) is 18.3 Å². The number of benzene rings is 1. The SMILES string of the molecule is N=C/C=N\Nc1ccc(C(F)(F)C(O)(Cc2cc[nH]n2)c2ccc(F)cc2F)nc1. The van der Waals surface area contributed by atoms with E-state index in [1.807, 2.05) is 0 Å². The zero-order valence-corrected chi connectivity index (χ0v) is 15.3. The Kier molecular flexibility index (Phi) is 5.92. The van der Waals surface area contributed by atoms with Crippen LogP contribution in [0.2, 0.25) is 0 Å². The molecule has 0 radical (unpaired) electrons. The molecule has 0 fully saturated rings. The van der Waals surface area contributed by atoms with Gasteiger partial charge < -0.3 is 10.5 Å². The molecule has 156 valence electrons. The van der Waals surface area contributed by atoms with Gasteiger partial charge in [0.2, 0.25) is 0 Å². The monoisotopic (exact) mass is 420 g/mol. The summed E-state index contributed by atoms with van der Waals surface area (Å²) in [6.07, 6.45) is 3.68. The minimum Gasteiger partial charge on any atom is -0.378 e. The van der Waals surface area contributed by atoms with Crippen LogP contribution < -0.4 is 5.43 Å². The van der Waals surface area contributed by atoms with Crippen LogP contribution in [0.15, 0.2) is 53.9 Å². The molecule has 3 aromatic rings. The number of alkyl halides is 2. The minimum absolute atomic E-state index is 0.0418. The Balaban J connectivity index is 2.05. The van der Waals surface area contributed by atoms with Gasteiger partial charge in [-0.25, -0.2) is 8.78 Å². The largest absolute Gasteiger partial charge is 0.378 e. The number of aromatic nitrogens is 3. The Morgan fingerprint density at radius 1 is 1.20 bits per heavy atom. The zero-order chi connectivity index (χ0) is 21.8. The summed E-state index contributed by atoms with van der Waals surface area (Å²) in [4.78, 5) is 3.67. The van der Waals surface area contributed by atoms with Gasteiger partial charge in [0.15, 0.2) is 5.60 Å². The van der Waals surface area contributed by atoms with Crippen molar-refractivity contribution in [1.82, 2.24) is 15.2 Å². The van der Waals surface area contributed by atoms with Gasteiger partial charge in [0.1, 0.15) is 17.3 Å². The van der Waals surface area contributed by atoms with Gasteiger partial charge in [0.05, 0.1) is 23.8 Å². The van der Waals surface area contributed by atoms with Crippen molar-refractivity contribution in [2.24, 2.45) is 5.10 Å². The number of hydrogen-bond acceptors (Lipinski definition) is 6. The molecule has 0 aliphatic rings. The van der Waals surface area contributed by atoms with Crippen LogP contribution in [0.1, 0.15) is 17.0 Å². The highest BCUT2D eigenvalue weighted by atomic mass is 19.3. The molecule has 1 aromatic carbocycles. The first kappa shape index (κ1) is 21.1. The molecule has 0 aliphatic carbocycles. The smallest absolute Gasteiger partial charge is 0.322 e. The molecule has 3 rings (SSSR count). The van der Waals surface area contributed by atoms with E-state index < -0.39 is 40.8 Å². The summed E-state index contributed by atoms with van der Waals surface area (Å²) in [6.45, 7) is 0. The maximum atomic E-state index is 15.5. The topological polar surface area (TPSA) is 110 Å². The van der Waals surface area contributed by atoms with Crippen molar-refractivity contribution >= 4 is 18.1 Å². The lowest BCUT2D eigenvalue weighted by Gasteiger charge is -2.35. The van der Waals surface area contributed by atoms with Gasteiger partial charge in [-0.3, -0.25) is 15.5 Å². The molecule has 0 saturated carbocycles. The molecular weight excluding hydrogens is 404 g/mol. The molecule has 30 heavy (non-hydrogen) atoms. The molecule has 2 heterocycles. The molecule has 1 unspecified atom stereocenters. The van der Waals surface area contributed by atoms with Gasteiger partial charge in [0, 0.05) is 30.5 Å². The molecule has 0 bridgehead atoms. The van der Waals surface area contributed by atoms with E-state index in [0.29, 0.717) is 6.07 Å². The highest BCUT2D eigenvalue weighted by Gasteiger charge is 2.57. The van der Waals surface area contributed by atoms with E-state index in [0.717, 1.165) is 36.8 Å². The number of nitrogens with one attached hydrogen (secondary N) is 3. The lowest BCUT2D eigenvalue weighted by Crippen LogP contribution is -2.46. The molecule has 2 aromatic heterocycles. The molecule has 4 N–H and O–H groups in total. The summed E-state index contributed by atoms with van der Waals surface area (Å²) in [5, 5.41) is 27.7. The highest BCUT2D eigenvalue weighted by molar-refractivity contribution is 6.14. The van der Waals surface area contributed by atoms with Gasteiger partial charge in [0.25, 0.3) is 0 Å². The van der Waals surface area contributed by atoms with E-state index >= 15 is 8.78 Å². The molecular formula is C19H16F4N6O. The number of pyridine rings is 1. The molecule has 0 spiro atoms. The summed E-state index contributed by atoms with van der Waals surface area (Å²) < 4.78 is 58.8. The number of anilines is 1. The van der Waals surface area contributed by atoms with Crippen LogP contribution >= 0.6 is 0 Å². The second kappa shape index (κ2) is 8.41. The minimum atomic E-state index is -4.08. The first-order valence-corrected chi connectivity index (χ1v) is 8.57. The number of hydrazone groups is 1. The Morgan fingerprint density at radius 3 is 2.60 bits per heavy atom. The predicted molar refractivity (Wildman–Crippen MR) is 102 cm³/mol. The van der Waals surface area contributed by atoms with Crippen LogP contribution in [0.3, 0.4) is 0 Å². The van der Waals surface area contributed by atoms with Crippen molar-refractivity contribution < 1.29 is 22.7 Å². The molecule has 1 atom stereocenters. The number of hydrogen-bond donors (Lipinski definition) is 4. The van der Waals surface area contributed by atoms with Crippen LogP contribution in [0.4, 0.5) is 23.2 Å². The predicted octanol–water partition coefficient (Wildman–Crippen LogP) is 3.35. The van der Waals surface area contributed by atoms with Crippen LogP contribution in [-0.4, -0.2) is 32.7 Å². The maximum Gasteiger partial charge on any atom is 0.322 e. The summed E-state index contributed by atoms with van der Waals surface area (Å²) in [5.74, 6) is -6.38. The fraction of sp³-hybridized carbons (Fsp3) is 0.158.